The van der Waals surface area contributed by atoms with Gasteiger partial charge in [0.25, 0.3) is 0 Å². The number of nitrogens with zero attached hydrogens (tertiary/aromatic N) is 2. The molecule has 0 aromatic heterocycles. The fourth-order valence-electron chi connectivity index (χ4n) is 4.36. The molecule has 7 nitrogen and oxygen atoms in total. The number of rotatable bonds is 4. The molecule has 1 aromatic rings. The van der Waals surface area contributed by atoms with Crippen LogP contribution in [0.1, 0.15) is 37.3 Å². The zero-order valence-electron chi connectivity index (χ0n) is 15.4. The van der Waals surface area contributed by atoms with Gasteiger partial charge in [-0.15, -0.1) is 0 Å². The highest BCUT2D eigenvalue weighted by Crippen LogP contribution is 2.39. The second-order valence-electron chi connectivity index (χ2n) is 7.37. The van der Waals surface area contributed by atoms with Crippen LogP contribution in [0.2, 0.25) is 0 Å². The number of carbonyl (C=O) groups excluding carboxylic acids is 2. The SMILES string of the molecule is CCOC(=O)[C@@H]1CCCN(S(=O)(=O)c2cc3c4c(c2)CC(=O)N4CCC3)C1. The van der Waals surface area contributed by atoms with Gasteiger partial charge in [0.1, 0.15) is 0 Å². The molecule has 146 valence electrons. The average molecular weight is 392 g/mol. The number of ether oxygens (including phenoxy) is 1. The molecule has 0 aliphatic carbocycles. The van der Waals surface area contributed by atoms with E-state index in [9.17, 15) is 18.0 Å². The van der Waals surface area contributed by atoms with Gasteiger partial charge in [-0.2, -0.15) is 4.31 Å². The maximum atomic E-state index is 13.2. The van der Waals surface area contributed by atoms with E-state index in [2.05, 4.69) is 0 Å². The van der Waals surface area contributed by atoms with Gasteiger partial charge in [-0.1, -0.05) is 0 Å². The van der Waals surface area contributed by atoms with Gasteiger partial charge >= 0.3 is 5.97 Å². The molecule has 0 radical (unpaired) electrons. The number of hydrogen-bond donors (Lipinski definition) is 0. The van der Waals surface area contributed by atoms with Crippen molar-refractivity contribution in [1.29, 1.82) is 0 Å². The molecule has 0 unspecified atom stereocenters. The molecule has 3 aliphatic rings. The third kappa shape index (κ3) is 3.14. The first-order valence-electron chi connectivity index (χ1n) is 9.54. The van der Waals surface area contributed by atoms with Crippen molar-refractivity contribution in [2.24, 2.45) is 5.92 Å². The summed E-state index contributed by atoms with van der Waals surface area (Å²) in [4.78, 5) is 26.3. The van der Waals surface area contributed by atoms with Crippen LogP contribution in [0, 0.1) is 5.92 Å². The smallest absolute Gasteiger partial charge is 0.310 e. The van der Waals surface area contributed by atoms with E-state index >= 15 is 0 Å². The van der Waals surface area contributed by atoms with Crippen molar-refractivity contribution < 1.29 is 22.7 Å². The molecular weight excluding hydrogens is 368 g/mol. The Morgan fingerprint density at radius 1 is 1.22 bits per heavy atom. The largest absolute Gasteiger partial charge is 0.466 e. The van der Waals surface area contributed by atoms with E-state index in [0.29, 0.717) is 32.5 Å². The predicted molar refractivity (Wildman–Crippen MR) is 98.9 cm³/mol. The summed E-state index contributed by atoms with van der Waals surface area (Å²) in [6.07, 6.45) is 3.16. The molecule has 8 heteroatoms. The summed E-state index contributed by atoms with van der Waals surface area (Å²) in [5, 5.41) is 0. The topological polar surface area (TPSA) is 84.0 Å². The van der Waals surface area contributed by atoms with Crippen molar-refractivity contribution >= 4 is 27.6 Å². The Kier molecular flexibility index (Phi) is 4.71. The number of anilines is 1. The first-order chi connectivity index (χ1) is 12.9. The van der Waals surface area contributed by atoms with Crippen molar-refractivity contribution in [2.75, 3.05) is 31.1 Å². The van der Waals surface area contributed by atoms with Crippen LogP contribution < -0.4 is 4.90 Å². The van der Waals surface area contributed by atoms with E-state index < -0.39 is 15.9 Å². The van der Waals surface area contributed by atoms with Crippen molar-refractivity contribution in [3.05, 3.63) is 23.3 Å². The number of amides is 1. The van der Waals surface area contributed by atoms with Crippen LogP contribution in [0.25, 0.3) is 0 Å². The van der Waals surface area contributed by atoms with Crippen molar-refractivity contribution in [3.8, 4) is 0 Å². The standard InChI is InChI=1S/C19H24N2O5S/c1-2-26-19(23)14-6-3-7-20(12-14)27(24,25)16-9-13-5-4-8-21-17(22)11-15(10-16)18(13)21/h9-10,14H,2-8,11-12H2,1H3/t14-/m1/s1. The molecule has 0 N–H and O–H groups in total. The van der Waals surface area contributed by atoms with E-state index in [4.69, 9.17) is 4.74 Å². The normalized spacial score (nSPS) is 22.6. The fourth-order valence-corrected chi connectivity index (χ4v) is 5.98. The number of hydrogen-bond acceptors (Lipinski definition) is 5. The lowest BCUT2D eigenvalue weighted by molar-refractivity contribution is -0.149. The second-order valence-corrected chi connectivity index (χ2v) is 9.31. The summed E-state index contributed by atoms with van der Waals surface area (Å²) in [5.41, 5.74) is 2.64. The van der Waals surface area contributed by atoms with Crippen molar-refractivity contribution in [2.45, 2.75) is 43.9 Å². The second kappa shape index (κ2) is 6.91. The Balaban J connectivity index is 1.64. The molecule has 3 aliphatic heterocycles. The molecular formula is C19H24N2O5S. The van der Waals surface area contributed by atoms with E-state index in [1.165, 1.54) is 4.31 Å². The molecule has 4 rings (SSSR count). The van der Waals surface area contributed by atoms with Gasteiger partial charge in [-0.25, -0.2) is 8.42 Å². The van der Waals surface area contributed by atoms with Crippen LogP contribution in [-0.4, -0.2) is 50.8 Å². The minimum atomic E-state index is -3.71. The van der Waals surface area contributed by atoms with Crippen molar-refractivity contribution in [3.63, 3.8) is 0 Å². The lowest BCUT2D eigenvalue weighted by atomic mass is 10.00. The fraction of sp³-hybridized carbons (Fsp3) is 0.579. The summed E-state index contributed by atoms with van der Waals surface area (Å²) in [5.74, 6) is -0.707. The Labute approximate surface area is 159 Å². The van der Waals surface area contributed by atoms with Gasteiger partial charge in [0, 0.05) is 19.6 Å². The van der Waals surface area contributed by atoms with Crippen LogP contribution in [0.3, 0.4) is 0 Å². The minimum absolute atomic E-state index is 0.0424. The molecule has 1 fully saturated rings. The molecule has 0 saturated carbocycles. The molecule has 0 bridgehead atoms. The lowest BCUT2D eigenvalue weighted by Gasteiger charge is -2.31. The Morgan fingerprint density at radius 3 is 2.78 bits per heavy atom. The van der Waals surface area contributed by atoms with E-state index in [1.807, 2.05) is 0 Å². The number of carbonyl (C=O) groups is 2. The zero-order chi connectivity index (χ0) is 19.2. The summed E-state index contributed by atoms with van der Waals surface area (Å²) in [6.45, 7) is 3.29. The van der Waals surface area contributed by atoms with E-state index in [-0.39, 0.29) is 29.7 Å². The number of aryl methyl sites for hydroxylation is 1. The molecule has 1 aromatic carbocycles. The van der Waals surface area contributed by atoms with E-state index in [0.717, 1.165) is 29.7 Å². The molecule has 1 atom stereocenters. The van der Waals surface area contributed by atoms with Crippen LogP contribution in [0.4, 0.5) is 5.69 Å². The average Bonchev–Trinajstić information content (AvgIpc) is 2.99. The van der Waals surface area contributed by atoms with Gasteiger partial charge in [-0.05, 0) is 55.9 Å². The minimum Gasteiger partial charge on any atom is -0.466 e. The summed E-state index contributed by atoms with van der Waals surface area (Å²) in [7, 11) is -3.71. The Bertz CT molecular complexity index is 896. The first-order valence-corrected chi connectivity index (χ1v) is 11.0. The molecule has 1 saturated heterocycles. The Morgan fingerprint density at radius 2 is 2.00 bits per heavy atom. The van der Waals surface area contributed by atoms with Crippen molar-refractivity contribution in [1.82, 2.24) is 4.31 Å². The third-order valence-electron chi connectivity index (χ3n) is 5.62. The van der Waals surface area contributed by atoms with Gasteiger partial charge in [0.05, 0.1) is 29.5 Å². The molecule has 27 heavy (non-hydrogen) atoms. The number of esters is 1. The highest BCUT2D eigenvalue weighted by atomic mass is 32.2. The van der Waals surface area contributed by atoms with Gasteiger partial charge in [0.2, 0.25) is 15.9 Å². The lowest BCUT2D eigenvalue weighted by Crippen LogP contribution is -2.42. The van der Waals surface area contributed by atoms with Crippen LogP contribution in [0.5, 0.6) is 0 Å². The molecule has 3 heterocycles. The van der Waals surface area contributed by atoms with Crippen LogP contribution >= 0.6 is 0 Å². The predicted octanol–water partition coefficient (Wildman–Crippen LogP) is 1.49. The first kappa shape index (κ1) is 18.4. The summed E-state index contributed by atoms with van der Waals surface area (Å²) < 4.78 is 32.9. The van der Waals surface area contributed by atoms with E-state index in [1.54, 1.807) is 24.0 Å². The quantitative estimate of drug-likeness (QED) is 0.725. The van der Waals surface area contributed by atoms with Gasteiger partial charge < -0.3 is 9.64 Å². The summed E-state index contributed by atoms with van der Waals surface area (Å²) >= 11 is 0. The van der Waals surface area contributed by atoms with Crippen LogP contribution in [0.15, 0.2) is 17.0 Å². The Hall–Kier alpha value is -1.93. The highest BCUT2D eigenvalue weighted by Gasteiger charge is 2.37. The maximum Gasteiger partial charge on any atom is 0.310 e. The summed E-state index contributed by atoms with van der Waals surface area (Å²) in [6, 6.07) is 3.36. The molecule has 1 amide bonds. The van der Waals surface area contributed by atoms with Crippen LogP contribution in [-0.2, 0) is 37.2 Å². The maximum absolute atomic E-state index is 13.2. The number of benzene rings is 1. The molecule has 0 spiro atoms. The highest BCUT2D eigenvalue weighted by molar-refractivity contribution is 7.89. The van der Waals surface area contributed by atoms with Gasteiger partial charge in [0.15, 0.2) is 0 Å². The zero-order valence-corrected chi connectivity index (χ0v) is 16.3. The third-order valence-corrected chi connectivity index (χ3v) is 7.47. The van der Waals surface area contributed by atoms with Gasteiger partial charge in [-0.3, -0.25) is 9.59 Å². The number of piperidine rings is 1. The number of sulfonamides is 1. The monoisotopic (exact) mass is 392 g/mol.